The Morgan fingerprint density at radius 3 is 2.81 bits per heavy atom. The normalized spacial score (nSPS) is 18.6. The standard InChI is InChI=1S/C13H13ClF3NO3/c14-9-6-8(18-12(19)11-2-1-5-20-11)3-4-10(9)21-7-13(15,16)17/h3-4,6,11H,1-2,5,7H2,(H,18,19)/t11-/m1/s1. The molecule has 1 fully saturated rings. The molecule has 1 amide bonds. The predicted octanol–water partition coefficient (Wildman–Crippen LogP) is 3.40. The van der Waals surface area contributed by atoms with Crippen molar-refractivity contribution >= 4 is 23.2 Å². The molecule has 1 aromatic carbocycles. The minimum atomic E-state index is -4.43. The van der Waals surface area contributed by atoms with Crippen LogP contribution in [0.1, 0.15) is 12.8 Å². The molecule has 0 unspecified atom stereocenters. The van der Waals surface area contributed by atoms with E-state index in [0.29, 0.717) is 18.7 Å². The Bertz CT molecular complexity index is 516. The number of anilines is 1. The third-order valence-electron chi connectivity index (χ3n) is 2.81. The van der Waals surface area contributed by atoms with Crippen LogP contribution in [0.2, 0.25) is 5.02 Å². The second-order valence-corrected chi connectivity index (χ2v) is 4.95. The first kappa shape index (κ1) is 15.9. The highest BCUT2D eigenvalue weighted by molar-refractivity contribution is 6.32. The summed E-state index contributed by atoms with van der Waals surface area (Å²) in [7, 11) is 0. The van der Waals surface area contributed by atoms with Crippen LogP contribution in [0.25, 0.3) is 0 Å². The molecule has 1 aromatic rings. The summed E-state index contributed by atoms with van der Waals surface area (Å²) in [5.41, 5.74) is 0.375. The van der Waals surface area contributed by atoms with Crippen LogP contribution in [0, 0.1) is 0 Å². The Morgan fingerprint density at radius 2 is 2.24 bits per heavy atom. The number of nitrogens with one attached hydrogen (secondary N) is 1. The van der Waals surface area contributed by atoms with E-state index in [1.807, 2.05) is 0 Å². The molecule has 1 atom stereocenters. The molecule has 1 heterocycles. The first-order valence-electron chi connectivity index (χ1n) is 6.27. The summed E-state index contributed by atoms with van der Waals surface area (Å²) in [6, 6.07) is 4.03. The molecule has 4 nitrogen and oxygen atoms in total. The zero-order valence-electron chi connectivity index (χ0n) is 10.9. The van der Waals surface area contributed by atoms with Gasteiger partial charge in [0, 0.05) is 12.3 Å². The topological polar surface area (TPSA) is 47.6 Å². The fourth-order valence-corrected chi connectivity index (χ4v) is 2.10. The van der Waals surface area contributed by atoms with Crippen molar-refractivity contribution in [2.24, 2.45) is 0 Å². The van der Waals surface area contributed by atoms with Gasteiger partial charge in [-0.25, -0.2) is 0 Å². The molecule has 0 aliphatic carbocycles. The number of hydrogen-bond acceptors (Lipinski definition) is 3. The number of alkyl halides is 3. The molecule has 1 aliphatic heterocycles. The van der Waals surface area contributed by atoms with Gasteiger partial charge in [-0.15, -0.1) is 0 Å². The average molecular weight is 324 g/mol. The van der Waals surface area contributed by atoms with E-state index in [1.54, 1.807) is 0 Å². The second-order valence-electron chi connectivity index (χ2n) is 4.54. The molecule has 0 spiro atoms. The summed E-state index contributed by atoms with van der Waals surface area (Å²) in [4.78, 5) is 11.8. The van der Waals surface area contributed by atoms with E-state index >= 15 is 0 Å². The largest absolute Gasteiger partial charge is 0.483 e. The van der Waals surface area contributed by atoms with Crippen molar-refractivity contribution in [3.63, 3.8) is 0 Å². The molecule has 1 N–H and O–H groups in total. The van der Waals surface area contributed by atoms with E-state index in [0.717, 1.165) is 6.42 Å². The number of carbonyl (C=O) groups is 1. The van der Waals surface area contributed by atoms with Gasteiger partial charge in [-0.1, -0.05) is 11.6 Å². The SMILES string of the molecule is O=C(Nc1ccc(OCC(F)(F)F)c(Cl)c1)[C@H]1CCCO1. The fraction of sp³-hybridized carbons (Fsp3) is 0.462. The lowest BCUT2D eigenvalue weighted by Crippen LogP contribution is -2.26. The lowest BCUT2D eigenvalue weighted by molar-refractivity contribution is -0.153. The summed E-state index contributed by atoms with van der Waals surface area (Å²) >= 11 is 5.83. The maximum atomic E-state index is 12.1. The predicted molar refractivity (Wildman–Crippen MR) is 70.6 cm³/mol. The summed E-state index contributed by atoms with van der Waals surface area (Å²) < 4.78 is 46.0. The number of halogens is 4. The molecule has 0 saturated carbocycles. The van der Waals surface area contributed by atoms with E-state index in [2.05, 4.69) is 10.1 Å². The van der Waals surface area contributed by atoms with Crippen molar-refractivity contribution in [3.05, 3.63) is 23.2 Å². The Morgan fingerprint density at radius 1 is 1.48 bits per heavy atom. The fourth-order valence-electron chi connectivity index (χ4n) is 1.86. The Labute approximate surface area is 124 Å². The van der Waals surface area contributed by atoms with Gasteiger partial charge in [0.05, 0.1) is 5.02 Å². The molecule has 0 radical (unpaired) electrons. The number of carbonyl (C=O) groups excluding carboxylic acids is 1. The van der Waals surface area contributed by atoms with Crippen LogP contribution in [-0.2, 0) is 9.53 Å². The van der Waals surface area contributed by atoms with Gasteiger partial charge in [-0.05, 0) is 31.0 Å². The smallest absolute Gasteiger partial charge is 0.422 e. The maximum Gasteiger partial charge on any atom is 0.422 e. The first-order chi connectivity index (χ1) is 9.85. The van der Waals surface area contributed by atoms with Crippen molar-refractivity contribution < 1.29 is 27.4 Å². The van der Waals surface area contributed by atoms with Gasteiger partial charge < -0.3 is 14.8 Å². The molecular formula is C13H13ClF3NO3. The summed E-state index contributed by atoms with van der Waals surface area (Å²) in [6.45, 7) is -0.878. The zero-order chi connectivity index (χ0) is 15.5. The molecule has 1 aliphatic rings. The number of benzene rings is 1. The molecule has 1 saturated heterocycles. The van der Waals surface area contributed by atoms with Crippen molar-refractivity contribution in [3.8, 4) is 5.75 Å². The number of rotatable bonds is 4. The van der Waals surface area contributed by atoms with Crippen LogP contribution in [0.5, 0.6) is 5.75 Å². The monoisotopic (exact) mass is 323 g/mol. The number of amides is 1. The van der Waals surface area contributed by atoms with Crippen LogP contribution in [0.3, 0.4) is 0 Å². The number of ether oxygens (including phenoxy) is 2. The zero-order valence-corrected chi connectivity index (χ0v) is 11.6. The highest BCUT2D eigenvalue weighted by Gasteiger charge is 2.29. The summed E-state index contributed by atoms with van der Waals surface area (Å²) in [5.74, 6) is -0.392. The Kier molecular flexibility index (Phi) is 4.95. The van der Waals surface area contributed by atoms with Crippen LogP contribution in [0.15, 0.2) is 18.2 Å². The second kappa shape index (κ2) is 6.53. The molecule has 0 aromatic heterocycles. The Hall–Kier alpha value is -1.47. The lowest BCUT2D eigenvalue weighted by Gasteiger charge is -2.13. The highest BCUT2D eigenvalue weighted by atomic mass is 35.5. The molecule has 8 heteroatoms. The van der Waals surface area contributed by atoms with Crippen LogP contribution >= 0.6 is 11.6 Å². The maximum absolute atomic E-state index is 12.1. The summed E-state index contributed by atoms with van der Waals surface area (Å²) in [6.07, 6.45) is -3.46. The van der Waals surface area contributed by atoms with E-state index in [9.17, 15) is 18.0 Å². The van der Waals surface area contributed by atoms with Crippen molar-refractivity contribution in [2.75, 3.05) is 18.5 Å². The quantitative estimate of drug-likeness (QED) is 0.924. The third kappa shape index (κ3) is 4.78. The van der Waals surface area contributed by atoms with Crippen LogP contribution in [-0.4, -0.2) is 31.4 Å². The van der Waals surface area contributed by atoms with Crippen molar-refractivity contribution in [1.82, 2.24) is 0 Å². The molecule has 0 bridgehead atoms. The third-order valence-corrected chi connectivity index (χ3v) is 3.11. The van der Waals surface area contributed by atoms with Gasteiger partial charge in [0.15, 0.2) is 6.61 Å². The molecule has 21 heavy (non-hydrogen) atoms. The average Bonchev–Trinajstić information content (AvgIpc) is 2.90. The van der Waals surface area contributed by atoms with Gasteiger partial charge in [0.1, 0.15) is 11.9 Å². The van der Waals surface area contributed by atoms with E-state index in [1.165, 1.54) is 18.2 Å². The van der Waals surface area contributed by atoms with E-state index < -0.39 is 18.9 Å². The minimum Gasteiger partial charge on any atom is -0.483 e. The molecular weight excluding hydrogens is 311 g/mol. The number of hydrogen-bond donors (Lipinski definition) is 1. The van der Waals surface area contributed by atoms with Crippen molar-refractivity contribution in [1.29, 1.82) is 0 Å². The van der Waals surface area contributed by atoms with Gasteiger partial charge in [-0.3, -0.25) is 4.79 Å². The van der Waals surface area contributed by atoms with Gasteiger partial charge in [-0.2, -0.15) is 13.2 Å². The molecule has 2 rings (SSSR count). The van der Waals surface area contributed by atoms with E-state index in [4.69, 9.17) is 16.3 Å². The molecule has 116 valence electrons. The highest BCUT2D eigenvalue weighted by Crippen LogP contribution is 2.29. The minimum absolute atomic E-state index is 0.00982. The van der Waals surface area contributed by atoms with Crippen LogP contribution in [0.4, 0.5) is 18.9 Å². The Balaban J connectivity index is 1.96. The van der Waals surface area contributed by atoms with Gasteiger partial charge in [0.25, 0.3) is 5.91 Å². The van der Waals surface area contributed by atoms with Gasteiger partial charge in [0.2, 0.25) is 0 Å². The van der Waals surface area contributed by atoms with Crippen LogP contribution < -0.4 is 10.1 Å². The van der Waals surface area contributed by atoms with Crippen molar-refractivity contribution in [2.45, 2.75) is 25.1 Å². The first-order valence-corrected chi connectivity index (χ1v) is 6.64. The lowest BCUT2D eigenvalue weighted by atomic mass is 10.2. The summed E-state index contributed by atoms with van der Waals surface area (Å²) in [5, 5.41) is 2.59. The van der Waals surface area contributed by atoms with Gasteiger partial charge >= 0.3 is 6.18 Å². The van der Waals surface area contributed by atoms with E-state index in [-0.39, 0.29) is 16.7 Å².